The Bertz CT molecular complexity index is 1290. The van der Waals surface area contributed by atoms with Crippen molar-refractivity contribution in [1.29, 1.82) is 0 Å². The number of hydrogen-bond donors (Lipinski definition) is 3. The number of allylic oxidation sites excluding steroid dienone is 4. The molecular formula is C23H22N6O2. The van der Waals surface area contributed by atoms with Crippen LogP contribution in [-0.4, -0.2) is 36.7 Å². The fourth-order valence-corrected chi connectivity index (χ4v) is 3.04. The van der Waals surface area contributed by atoms with E-state index in [9.17, 15) is 4.79 Å². The molecule has 8 nitrogen and oxygen atoms in total. The first-order valence-electron chi connectivity index (χ1n) is 9.84. The molecule has 0 aliphatic heterocycles. The van der Waals surface area contributed by atoms with Crippen LogP contribution in [0, 0.1) is 0 Å². The summed E-state index contributed by atoms with van der Waals surface area (Å²) in [6, 6.07) is 7.03. The summed E-state index contributed by atoms with van der Waals surface area (Å²) in [7, 11) is 0. The number of fused-ring (bicyclic) bond motifs is 1. The molecule has 3 N–H and O–H groups in total. The van der Waals surface area contributed by atoms with Crippen molar-refractivity contribution in [2.75, 3.05) is 6.61 Å². The van der Waals surface area contributed by atoms with Gasteiger partial charge in [-0.2, -0.15) is 5.10 Å². The Labute approximate surface area is 178 Å². The molecule has 0 bridgehead atoms. The van der Waals surface area contributed by atoms with Gasteiger partial charge in [-0.25, -0.2) is 15.1 Å². The van der Waals surface area contributed by atoms with Crippen LogP contribution in [0.2, 0.25) is 0 Å². The van der Waals surface area contributed by atoms with Crippen molar-refractivity contribution >= 4 is 16.7 Å². The summed E-state index contributed by atoms with van der Waals surface area (Å²) in [5.74, 6) is 1.30. The minimum Gasteiger partial charge on any atom is -0.473 e. The maximum Gasteiger partial charge on any atom is 0.247 e. The minimum atomic E-state index is -0.156. The zero-order valence-electron chi connectivity index (χ0n) is 17.2. The molecule has 4 aromatic heterocycles. The van der Waals surface area contributed by atoms with E-state index in [1.807, 2.05) is 50.3 Å². The Morgan fingerprint density at radius 2 is 2.06 bits per heavy atom. The topological polar surface area (TPSA) is 112 Å². The van der Waals surface area contributed by atoms with Crippen LogP contribution in [0.5, 0.6) is 5.88 Å². The normalized spacial score (nSPS) is 12.7. The highest BCUT2D eigenvalue weighted by molar-refractivity contribution is 5.78. The van der Waals surface area contributed by atoms with Crippen LogP contribution >= 0.6 is 0 Å². The second-order valence-electron chi connectivity index (χ2n) is 6.74. The number of aromatic nitrogens is 6. The monoisotopic (exact) mass is 414 g/mol. The highest BCUT2D eigenvalue weighted by Gasteiger charge is 2.10. The molecular weight excluding hydrogens is 392 g/mol. The molecule has 0 unspecified atom stereocenters. The third kappa shape index (κ3) is 4.53. The van der Waals surface area contributed by atoms with Gasteiger partial charge in [0, 0.05) is 29.6 Å². The molecule has 31 heavy (non-hydrogen) atoms. The Kier molecular flexibility index (Phi) is 5.89. The van der Waals surface area contributed by atoms with Crippen LogP contribution in [0.25, 0.3) is 27.9 Å². The molecule has 8 heteroatoms. The first kappa shape index (κ1) is 20.1. The summed E-state index contributed by atoms with van der Waals surface area (Å²) in [6.45, 7) is 4.27. The quantitative estimate of drug-likeness (QED) is 0.395. The van der Waals surface area contributed by atoms with E-state index in [1.165, 1.54) is 6.07 Å². The first-order valence-corrected chi connectivity index (χ1v) is 9.84. The number of imidazole rings is 1. The van der Waals surface area contributed by atoms with E-state index in [4.69, 9.17) is 4.74 Å². The van der Waals surface area contributed by atoms with E-state index in [0.717, 1.165) is 33.6 Å². The molecule has 0 aliphatic carbocycles. The van der Waals surface area contributed by atoms with Crippen molar-refractivity contribution in [3.8, 4) is 17.0 Å². The van der Waals surface area contributed by atoms with Crippen LogP contribution in [0.1, 0.15) is 19.7 Å². The van der Waals surface area contributed by atoms with Gasteiger partial charge < -0.3 is 14.7 Å². The fraction of sp³-hybridized carbons (Fsp3) is 0.130. The zero-order valence-corrected chi connectivity index (χ0v) is 17.2. The lowest BCUT2D eigenvalue weighted by Gasteiger charge is -2.07. The van der Waals surface area contributed by atoms with E-state index in [0.29, 0.717) is 18.1 Å². The summed E-state index contributed by atoms with van der Waals surface area (Å²) in [4.78, 5) is 26.1. The van der Waals surface area contributed by atoms with Gasteiger partial charge in [-0.3, -0.25) is 4.79 Å². The number of rotatable bonds is 7. The zero-order chi connectivity index (χ0) is 21.6. The van der Waals surface area contributed by atoms with Gasteiger partial charge in [0.15, 0.2) is 5.65 Å². The highest BCUT2D eigenvalue weighted by Crippen LogP contribution is 2.27. The number of hydrogen-bond acceptors (Lipinski definition) is 5. The van der Waals surface area contributed by atoms with Gasteiger partial charge >= 0.3 is 0 Å². The van der Waals surface area contributed by atoms with Gasteiger partial charge in [0.05, 0.1) is 17.3 Å². The fourth-order valence-electron chi connectivity index (χ4n) is 3.04. The predicted octanol–water partition coefficient (Wildman–Crippen LogP) is 4.02. The summed E-state index contributed by atoms with van der Waals surface area (Å²) in [5, 5.41) is 6.93. The molecule has 0 aromatic carbocycles. The number of pyridine rings is 2. The third-order valence-electron chi connectivity index (χ3n) is 4.77. The number of nitrogens with zero attached hydrogens (tertiary/aromatic N) is 3. The number of nitrogens with one attached hydrogen (secondary N) is 3. The SMILES string of the molecule is C\C=C(/C=C\C(=C/C)c1nc2ncccc2[nH]1)COc1[nH]ncc1-c1ccc(=O)[nH]c1. The van der Waals surface area contributed by atoms with Crippen molar-refractivity contribution < 1.29 is 4.74 Å². The summed E-state index contributed by atoms with van der Waals surface area (Å²) < 4.78 is 5.95. The van der Waals surface area contributed by atoms with E-state index in [1.54, 1.807) is 24.7 Å². The number of aromatic amines is 3. The predicted molar refractivity (Wildman–Crippen MR) is 121 cm³/mol. The lowest BCUT2D eigenvalue weighted by atomic mass is 10.1. The molecule has 4 rings (SSSR count). The van der Waals surface area contributed by atoms with E-state index < -0.39 is 0 Å². The largest absolute Gasteiger partial charge is 0.473 e. The van der Waals surface area contributed by atoms with E-state index >= 15 is 0 Å². The average Bonchev–Trinajstić information content (AvgIpc) is 3.43. The molecule has 0 amide bonds. The summed E-state index contributed by atoms with van der Waals surface area (Å²) >= 11 is 0. The molecule has 4 aromatic rings. The lowest BCUT2D eigenvalue weighted by molar-refractivity contribution is 0.342. The van der Waals surface area contributed by atoms with Crippen LogP contribution in [0.4, 0.5) is 0 Å². The third-order valence-corrected chi connectivity index (χ3v) is 4.77. The van der Waals surface area contributed by atoms with Gasteiger partial charge in [-0.05, 0) is 37.6 Å². The second-order valence-corrected chi connectivity index (χ2v) is 6.74. The molecule has 0 radical (unpaired) electrons. The maximum atomic E-state index is 11.3. The number of ether oxygens (including phenoxy) is 1. The molecule has 156 valence electrons. The van der Waals surface area contributed by atoms with Crippen molar-refractivity contribution in [2.24, 2.45) is 0 Å². The molecule has 0 aliphatic rings. The molecule has 0 spiro atoms. The van der Waals surface area contributed by atoms with Crippen LogP contribution in [0.3, 0.4) is 0 Å². The average molecular weight is 414 g/mol. The summed E-state index contributed by atoms with van der Waals surface area (Å²) in [5.41, 5.74) is 4.96. The van der Waals surface area contributed by atoms with Crippen molar-refractivity contribution in [1.82, 2.24) is 30.1 Å². The Morgan fingerprint density at radius 3 is 2.81 bits per heavy atom. The highest BCUT2D eigenvalue weighted by atomic mass is 16.5. The van der Waals surface area contributed by atoms with Crippen LogP contribution in [-0.2, 0) is 0 Å². The van der Waals surface area contributed by atoms with Gasteiger partial charge in [0.25, 0.3) is 0 Å². The Balaban J connectivity index is 1.46. The summed E-state index contributed by atoms with van der Waals surface area (Å²) in [6.07, 6.45) is 13.0. The van der Waals surface area contributed by atoms with Gasteiger partial charge in [-0.15, -0.1) is 0 Å². The number of H-pyrrole nitrogens is 3. The molecule has 0 fully saturated rings. The van der Waals surface area contributed by atoms with Crippen molar-refractivity contribution in [3.63, 3.8) is 0 Å². The van der Waals surface area contributed by atoms with Gasteiger partial charge in [-0.1, -0.05) is 24.3 Å². The standard InChI is InChI=1S/C23H22N6O2/c1-3-15(7-8-16(4-2)21-27-19-6-5-11-24-22(19)28-21)14-31-23-18(13-26-29-23)17-9-10-20(30)25-12-17/h3-13H,14H2,1-2H3,(H,25,30)(H,26,29)(H,24,27,28)/b8-7-,15-3+,16-4+. The Morgan fingerprint density at radius 1 is 1.16 bits per heavy atom. The van der Waals surface area contributed by atoms with Crippen LogP contribution < -0.4 is 10.3 Å². The van der Waals surface area contributed by atoms with E-state index in [2.05, 4.69) is 30.1 Å². The second kappa shape index (κ2) is 9.08. The molecule has 4 heterocycles. The van der Waals surface area contributed by atoms with Crippen LogP contribution in [0.15, 0.2) is 77.5 Å². The minimum absolute atomic E-state index is 0.156. The van der Waals surface area contributed by atoms with Gasteiger partial charge in [0.1, 0.15) is 12.4 Å². The van der Waals surface area contributed by atoms with Crippen molar-refractivity contribution in [2.45, 2.75) is 13.8 Å². The molecule has 0 saturated heterocycles. The molecule has 0 atom stereocenters. The van der Waals surface area contributed by atoms with Crippen molar-refractivity contribution in [3.05, 3.63) is 88.9 Å². The van der Waals surface area contributed by atoms with E-state index in [-0.39, 0.29) is 5.56 Å². The lowest BCUT2D eigenvalue weighted by Crippen LogP contribution is -2.03. The van der Waals surface area contributed by atoms with Gasteiger partial charge in [0.2, 0.25) is 11.4 Å². The smallest absolute Gasteiger partial charge is 0.247 e. The first-order chi connectivity index (χ1) is 15.2. The Hall–Kier alpha value is -4.20. The maximum absolute atomic E-state index is 11.3. The molecule has 0 saturated carbocycles.